The van der Waals surface area contributed by atoms with Crippen molar-refractivity contribution in [2.45, 2.75) is 38.4 Å². The molecule has 1 saturated heterocycles. The van der Waals surface area contributed by atoms with Crippen molar-refractivity contribution in [3.63, 3.8) is 0 Å². The largest absolute Gasteiger partial charge is 0.481 e. The molecule has 1 N–H and O–H groups in total. The molecular formula is C14H20F3N3O2. The van der Waals surface area contributed by atoms with Gasteiger partial charge in [-0.3, -0.25) is 14.4 Å². The van der Waals surface area contributed by atoms with E-state index in [1.165, 1.54) is 13.2 Å². The Hall–Kier alpha value is -1.57. The number of aliphatic carboxylic acids is 1. The lowest BCUT2D eigenvalue weighted by atomic mass is 9.92. The first-order chi connectivity index (χ1) is 10.3. The van der Waals surface area contributed by atoms with Gasteiger partial charge in [0.25, 0.3) is 0 Å². The monoisotopic (exact) mass is 319 g/mol. The quantitative estimate of drug-likeness (QED) is 0.906. The van der Waals surface area contributed by atoms with Crippen molar-refractivity contribution in [3.05, 3.63) is 17.5 Å². The first kappa shape index (κ1) is 16.8. The molecule has 22 heavy (non-hydrogen) atoms. The van der Waals surface area contributed by atoms with E-state index in [-0.39, 0.29) is 18.5 Å². The number of halogens is 3. The lowest BCUT2D eigenvalue weighted by Gasteiger charge is -2.31. The molecule has 1 aliphatic rings. The summed E-state index contributed by atoms with van der Waals surface area (Å²) in [5.74, 6) is -0.448. The van der Waals surface area contributed by atoms with Crippen molar-refractivity contribution in [1.29, 1.82) is 0 Å². The van der Waals surface area contributed by atoms with Crippen LogP contribution in [0.1, 0.15) is 36.9 Å². The summed E-state index contributed by atoms with van der Waals surface area (Å²) in [6.45, 7) is 1.61. The van der Waals surface area contributed by atoms with Gasteiger partial charge < -0.3 is 5.11 Å². The van der Waals surface area contributed by atoms with Gasteiger partial charge in [-0.15, -0.1) is 0 Å². The van der Waals surface area contributed by atoms with E-state index in [1.54, 1.807) is 0 Å². The number of piperidine rings is 1. The summed E-state index contributed by atoms with van der Waals surface area (Å²) in [6.07, 6.45) is -0.668. The lowest BCUT2D eigenvalue weighted by molar-refractivity contribution is -0.144. The second-order valence-electron chi connectivity index (χ2n) is 5.79. The molecule has 0 radical (unpaired) electrons. The Morgan fingerprint density at radius 1 is 1.41 bits per heavy atom. The van der Waals surface area contributed by atoms with Crippen LogP contribution in [0.2, 0.25) is 0 Å². The molecule has 0 aliphatic carbocycles. The highest BCUT2D eigenvalue weighted by molar-refractivity contribution is 5.66. The predicted molar refractivity (Wildman–Crippen MR) is 73.1 cm³/mol. The van der Waals surface area contributed by atoms with Crippen molar-refractivity contribution in [1.82, 2.24) is 14.7 Å². The Bertz CT molecular complexity index is 520. The van der Waals surface area contributed by atoms with E-state index < -0.39 is 17.8 Å². The van der Waals surface area contributed by atoms with Gasteiger partial charge in [0, 0.05) is 25.6 Å². The van der Waals surface area contributed by atoms with E-state index in [4.69, 9.17) is 5.11 Å². The first-order valence-electron chi connectivity index (χ1n) is 7.29. The molecule has 0 spiro atoms. The van der Waals surface area contributed by atoms with Gasteiger partial charge >= 0.3 is 12.1 Å². The SMILES string of the molecule is Cn1ncc(CN2CCC(CCC(=O)O)CC2)c1C(F)(F)F. The summed E-state index contributed by atoms with van der Waals surface area (Å²) in [4.78, 5) is 12.5. The number of aromatic nitrogens is 2. The van der Waals surface area contributed by atoms with Crippen molar-refractivity contribution in [2.24, 2.45) is 13.0 Å². The molecule has 0 amide bonds. The smallest absolute Gasteiger partial charge is 0.433 e. The van der Waals surface area contributed by atoms with Crippen LogP contribution in [0, 0.1) is 5.92 Å². The van der Waals surface area contributed by atoms with E-state index in [1.807, 2.05) is 4.90 Å². The maximum absolute atomic E-state index is 13.0. The van der Waals surface area contributed by atoms with Crippen molar-refractivity contribution in [3.8, 4) is 0 Å². The predicted octanol–water partition coefficient (Wildman–Crippen LogP) is 2.52. The fraction of sp³-hybridized carbons (Fsp3) is 0.714. The lowest BCUT2D eigenvalue weighted by Crippen LogP contribution is -2.34. The Morgan fingerprint density at radius 3 is 2.59 bits per heavy atom. The minimum Gasteiger partial charge on any atom is -0.481 e. The number of alkyl halides is 3. The molecule has 0 unspecified atom stereocenters. The summed E-state index contributed by atoms with van der Waals surface area (Å²) in [7, 11) is 1.30. The van der Waals surface area contributed by atoms with E-state index in [0.717, 1.165) is 17.5 Å². The molecule has 8 heteroatoms. The standard InChI is InChI=1S/C14H20F3N3O2/c1-19-13(14(15,16)17)11(8-18-19)9-20-6-4-10(5-7-20)2-3-12(21)22/h8,10H,2-7,9H2,1H3,(H,21,22). The van der Waals surface area contributed by atoms with Crippen LogP contribution >= 0.6 is 0 Å². The average molecular weight is 319 g/mol. The highest BCUT2D eigenvalue weighted by Crippen LogP contribution is 2.32. The highest BCUT2D eigenvalue weighted by Gasteiger charge is 2.37. The van der Waals surface area contributed by atoms with Gasteiger partial charge in [0.05, 0.1) is 6.20 Å². The number of likely N-dealkylation sites (tertiary alicyclic amines) is 1. The van der Waals surface area contributed by atoms with Gasteiger partial charge in [0.15, 0.2) is 0 Å². The summed E-state index contributed by atoms with van der Waals surface area (Å²) in [5.41, 5.74) is -0.500. The number of carboxylic acid groups (broad SMARTS) is 1. The normalized spacial score (nSPS) is 17.8. The maximum atomic E-state index is 13.0. The Labute approximate surface area is 126 Å². The molecule has 0 aromatic carbocycles. The van der Waals surface area contributed by atoms with Gasteiger partial charge in [0.1, 0.15) is 5.69 Å². The number of carboxylic acids is 1. The van der Waals surface area contributed by atoms with Crippen LogP contribution in [-0.2, 0) is 24.6 Å². The van der Waals surface area contributed by atoms with Crippen molar-refractivity contribution >= 4 is 5.97 Å². The molecule has 0 saturated carbocycles. The minimum atomic E-state index is -4.40. The summed E-state index contributed by atoms with van der Waals surface area (Å²) >= 11 is 0. The number of nitrogens with zero attached hydrogens (tertiary/aromatic N) is 3. The van der Waals surface area contributed by atoms with Gasteiger partial charge in [0.2, 0.25) is 0 Å². The van der Waals surface area contributed by atoms with Crippen LogP contribution in [0.15, 0.2) is 6.20 Å². The van der Waals surface area contributed by atoms with Gasteiger partial charge in [-0.1, -0.05) is 0 Å². The first-order valence-corrected chi connectivity index (χ1v) is 7.29. The molecule has 0 bridgehead atoms. The average Bonchev–Trinajstić information content (AvgIpc) is 2.78. The molecule has 2 heterocycles. The molecule has 1 aliphatic heterocycles. The van der Waals surface area contributed by atoms with Crippen LogP contribution in [0.5, 0.6) is 0 Å². The number of aryl methyl sites for hydroxylation is 1. The van der Waals surface area contributed by atoms with Crippen molar-refractivity contribution < 1.29 is 23.1 Å². The van der Waals surface area contributed by atoms with Crippen LogP contribution < -0.4 is 0 Å². The number of rotatable bonds is 5. The van der Waals surface area contributed by atoms with E-state index in [9.17, 15) is 18.0 Å². The zero-order valence-electron chi connectivity index (χ0n) is 12.4. The Morgan fingerprint density at radius 2 is 2.05 bits per heavy atom. The third-order valence-electron chi connectivity index (χ3n) is 4.15. The van der Waals surface area contributed by atoms with E-state index in [0.29, 0.717) is 25.4 Å². The van der Waals surface area contributed by atoms with Crippen LogP contribution in [-0.4, -0.2) is 38.8 Å². The zero-order valence-corrected chi connectivity index (χ0v) is 12.4. The number of hydrogen-bond donors (Lipinski definition) is 1. The molecule has 2 rings (SSSR count). The van der Waals surface area contributed by atoms with E-state index in [2.05, 4.69) is 5.10 Å². The van der Waals surface area contributed by atoms with Crippen LogP contribution in [0.25, 0.3) is 0 Å². The third-order valence-corrected chi connectivity index (χ3v) is 4.15. The van der Waals surface area contributed by atoms with Gasteiger partial charge in [-0.25, -0.2) is 0 Å². The molecular weight excluding hydrogens is 299 g/mol. The molecule has 124 valence electrons. The molecule has 5 nitrogen and oxygen atoms in total. The third kappa shape index (κ3) is 4.22. The fourth-order valence-electron chi connectivity index (χ4n) is 2.97. The van der Waals surface area contributed by atoms with Crippen LogP contribution in [0.3, 0.4) is 0 Å². The summed E-state index contributed by atoms with van der Waals surface area (Å²) in [5, 5.41) is 12.4. The maximum Gasteiger partial charge on any atom is 0.433 e. The summed E-state index contributed by atoms with van der Waals surface area (Å²) in [6, 6.07) is 0. The number of carbonyl (C=O) groups is 1. The fourth-order valence-corrected chi connectivity index (χ4v) is 2.97. The highest BCUT2D eigenvalue weighted by atomic mass is 19.4. The second kappa shape index (κ2) is 6.68. The van der Waals surface area contributed by atoms with Crippen molar-refractivity contribution in [2.75, 3.05) is 13.1 Å². The van der Waals surface area contributed by atoms with Gasteiger partial charge in [-0.05, 0) is 38.3 Å². The Kier molecular flexibility index (Phi) is 5.10. The number of hydrogen-bond acceptors (Lipinski definition) is 3. The molecule has 1 aromatic rings. The minimum absolute atomic E-state index is 0.158. The molecule has 1 aromatic heterocycles. The molecule has 1 fully saturated rings. The van der Waals surface area contributed by atoms with Gasteiger partial charge in [-0.2, -0.15) is 18.3 Å². The van der Waals surface area contributed by atoms with E-state index >= 15 is 0 Å². The zero-order chi connectivity index (χ0) is 16.3. The van der Waals surface area contributed by atoms with Crippen LogP contribution in [0.4, 0.5) is 13.2 Å². The second-order valence-corrected chi connectivity index (χ2v) is 5.79. The summed E-state index contributed by atoms with van der Waals surface area (Å²) < 4.78 is 39.9. The molecule has 0 atom stereocenters. The Balaban J connectivity index is 1.90. The topological polar surface area (TPSA) is 58.4 Å².